The first kappa shape index (κ1) is 16.6. The van der Waals surface area contributed by atoms with E-state index < -0.39 is 0 Å². The lowest BCUT2D eigenvalue weighted by Gasteiger charge is -2.35. The van der Waals surface area contributed by atoms with E-state index in [0.29, 0.717) is 6.54 Å². The van der Waals surface area contributed by atoms with Crippen LogP contribution >= 0.6 is 0 Å². The van der Waals surface area contributed by atoms with Gasteiger partial charge in [0.05, 0.1) is 24.7 Å². The number of nitrogens with one attached hydrogen (secondary N) is 1. The van der Waals surface area contributed by atoms with Crippen molar-refractivity contribution < 1.29 is 9.59 Å². The maximum absolute atomic E-state index is 12.6. The molecule has 0 bridgehead atoms. The van der Waals surface area contributed by atoms with Crippen molar-refractivity contribution in [3.05, 3.63) is 60.4 Å². The molecule has 2 unspecified atom stereocenters. The smallest absolute Gasteiger partial charge is 0.324 e. The molecule has 1 N–H and O–H groups in total. The summed E-state index contributed by atoms with van der Waals surface area (Å²) >= 11 is 0. The van der Waals surface area contributed by atoms with E-state index in [2.05, 4.69) is 27.3 Å². The molecule has 1 aromatic heterocycles. The molecular weight excluding hydrogens is 328 g/mol. The summed E-state index contributed by atoms with van der Waals surface area (Å²) in [5.74, 6) is -0.135. The maximum atomic E-state index is 12.6. The molecule has 1 aromatic carbocycles. The zero-order valence-electron chi connectivity index (χ0n) is 14.5. The van der Waals surface area contributed by atoms with E-state index in [1.54, 1.807) is 6.20 Å². The van der Waals surface area contributed by atoms with Crippen LogP contribution in [0.5, 0.6) is 0 Å². The molecule has 2 aliphatic heterocycles. The Morgan fingerprint density at radius 1 is 1.08 bits per heavy atom. The van der Waals surface area contributed by atoms with Gasteiger partial charge in [-0.25, -0.2) is 4.79 Å². The van der Waals surface area contributed by atoms with Crippen molar-refractivity contribution in [1.82, 2.24) is 15.2 Å². The Morgan fingerprint density at radius 3 is 2.62 bits per heavy atom. The minimum atomic E-state index is -0.346. The van der Waals surface area contributed by atoms with Crippen molar-refractivity contribution in [1.29, 1.82) is 0 Å². The second kappa shape index (κ2) is 7.15. The Hall–Kier alpha value is -2.89. The zero-order valence-corrected chi connectivity index (χ0v) is 14.5. The van der Waals surface area contributed by atoms with Gasteiger partial charge in [0.15, 0.2) is 0 Å². The number of nitrogens with zero attached hydrogens (tertiary/aromatic N) is 3. The number of carbonyl (C=O) groups excluding carboxylic acids is 2. The van der Waals surface area contributed by atoms with Gasteiger partial charge in [0.25, 0.3) is 0 Å². The first-order valence-corrected chi connectivity index (χ1v) is 9.06. The van der Waals surface area contributed by atoms with Gasteiger partial charge in [0, 0.05) is 24.5 Å². The van der Waals surface area contributed by atoms with Crippen molar-refractivity contribution in [2.75, 3.05) is 18.0 Å². The Morgan fingerprint density at radius 2 is 1.88 bits per heavy atom. The highest BCUT2D eigenvalue weighted by Crippen LogP contribution is 2.27. The van der Waals surface area contributed by atoms with Crippen LogP contribution in [-0.2, 0) is 4.79 Å². The fraction of sp³-hybridized carbons (Fsp3) is 0.350. The molecule has 6 heteroatoms. The molecule has 134 valence electrons. The van der Waals surface area contributed by atoms with Crippen molar-refractivity contribution >= 4 is 17.6 Å². The fourth-order valence-corrected chi connectivity index (χ4v) is 3.82. The average molecular weight is 350 g/mol. The average Bonchev–Trinajstić information content (AvgIpc) is 3.14. The third kappa shape index (κ3) is 3.27. The molecule has 4 rings (SSSR count). The second-order valence-corrected chi connectivity index (χ2v) is 6.79. The van der Waals surface area contributed by atoms with E-state index >= 15 is 0 Å². The topological polar surface area (TPSA) is 65.5 Å². The molecule has 0 radical (unpaired) electrons. The van der Waals surface area contributed by atoms with Crippen molar-refractivity contribution in [3.8, 4) is 0 Å². The number of amides is 3. The SMILES string of the molecule is O=C1CC(c2ccccn2)NC(=O)N1CC1CCCN1c1ccccc1. The molecule has 2 fully saturated rings. The van der Waals surface area contributed by atoms with Crippen LogP contribution in [0.25, 0.3) is 0 Å². The van der Waals surface area contributed by atoms with Crippen LogP contribution in [0.4, 0.5) is 10.5 Å². The molecule has 3 heterocycles. The first-order chi connectivity index (χ1) is 12.7. The van der Waals surface area contributed by atoms with Gasteiger partial charge in [-0.05, 0) is 37.1 Å². The lowest BCUT2D eigenvalue weighted by molar-refractivity contribution is -0.130. The zero-order chi connectivity index (χ0) is 17.9. The van der Waals surface area contributed by atoms with Gasteiger partial charge in [-0.2, -0.15) is 0 Å². The predicted octanol–water partition coefficient (Wildman–Crippen LogP) is 2.73. The summed E-state index contributed by atoms with van der Waals surface area (Å²) in [5, 5.41) is 2.93. The third-order valence-corrected chi connectivity index (χ3v) is 5.13. The van der Waals surface area contributed by atoms with E-state index in [9.17, 15) is 9.59 Å². The van der Waals surface area contributed by atoms with Gasteiger partial charge < -0.3 is 10.2 Å². The quantitative estimate of drug-likeness (QED) is 0.921. The van der Waals surface area contributed by atoms with Gasteiger partial charge in [-0.15, -0.1) is 0 Å². The predicted molar refractivity (Wildman–Crippen MR) is 98.6 cm³/mol. The van der Waals surface area contributed by atoms with E-state index in [0.717, 1.165) is 30.8 Å². The summed E-state index contributed by atoms with van der Waals surface area (Å²) in [6.07, 6.45) is 3.98. The highest BCUT2D eigenvalue weighted by atomic mass is 16.2. The maximum Gasteiger partial charge on any atom is 0.324 e. The number of aromatic nitrogens is 1. The molecule has 0 aliphatic carbocycles. The van der Waals surface area contributed by atoms with Crippen LogP contribution in [0.15, 0.2) is 54.7 Å². The number of hydrogen-bond acceptors (Lipinski definition) is 4. The van der Waals surface area contributed by atoms with Crippen LogP contribution in [0.3, 0.4) is 0 Å². The van der Waals surface area contributed by atoms with Gasteiger partial charge in [-0.1, -0.05) is 24.3 Å². The summed E-state index contributed by atoms with van der Waals surface area (Å²) in [7, 11) is 0. The summed E-state index contributed by atoms with van der Waals surface area (Å²) in [5.41, 5.74) is 1.87. The molecule has 2 aliphatic rings. The summed E-state index contributed by atoms with van der Waals surface area (Å²) in [6, 6.07) is 15.2. The summed E-state index contributed by atoms with van der Waals surface area (Å²) < 4.78 is 0. The highest BCUT2D eigenvalue weighted by Gasteiger charge is 2.36. The van der Waals surface area contributed by atoms with Crippen LogP contribution in [0.2, 0.25) is 0 Å². The number of imide groups is 1. The molecule has 6 nitrogen and oxygen atoms in total. The number of carbonyl (C=O) groups is 2. The molecule has 2 saturated heterocycles. The minimum Gasteiger partial charge on any atom is -0.367 e. The van der Waals surface area contributed by atoms with Crippen LogP contribution in [0, 0.1) is 0 Å². The molecule has 3 amide bonds. The number of urea groups is 1. The van der Waals surface area contributed by atoms with Gasteiger partial charge >= 0.3 is 6.03 Å². The number of para-hydroxylation sites is 1. The Bertz CT molecular complexity index is 763. The Kier molecular flexibility index (Phi) is 4.56. The monoisotopic (exact) mass is 350 g/mol. The molecule has 0 spiro atoms. The number of pyridine rings is 1. The molecular formula is C20H22N4O2. The summed E-state index contributed by atoms with van der Waals surface area (Å²) in [4.78, 5) is 33.1. The summed E-state index contributed by atoms with van der Waals surface area (Å²) in [6.45, 7) is 1.38. The molecule has 0 saturated carbocycles. The second-order valence-electron chi connectivity index (χ2n) is 6.79. The van der Waals surface area contributed by atoms with E-state index in [1.165, 1.54) is 4.90 Å². The Labute approximate surface area is 152 Å². The normalized spacial score (nSPS) is 23.2. The largest absolute Gasteiger partial charge is 0.367 e. The van der Waals surface area contributed by atoms with Gasteiger partial charge in [0.1, 0.15) is 0 Å². The van der Waals surface area contributed by atoms with Crippen LogP contribution in [0.1, 0.15) is 31.0 Å². The van der Waals surface area contributed by atoms with Gasteiger partial charge in [0.2, 0.25) is 5.91 Å². The number of anilines is 1. The minimum absolute atomic E-state index is 0.135. The third-order valence-electron chi connectivity index (χ3n) is 5.13. The highest BCUT2D eigenvalue weighted by molar-refractivity contribution is 5.97. The van der Waals surface area contributed by atoms with Crippen molar-refractivity contribution in [2.45, 2.75) is 31.3 Å². The number of rotatable bonds is 4. The van der Waals surface area contributed by atoms with Gasteiger partial charge in [-0.3, -0.25) is 14.7 Å². The van der Waals surface area contributed by atoms with Crippen molar-refractivity contribution in [3.63, 3.8) is 0 Å². The number of hydrogen-bond donors (Lipinski definition) is 1. The number of benzene rings is 1. The standard InChI is InChI=1S/C20H22N4O2/c25-19-13-18(17-10-4-5-11-21-17)22-20(26)24(19)14-16-9-6-12-23(16)15-7-2-1-3-8-15/h1-5,7-8,10-11,16,18H,6,9,12-14H2,(H,22,26). The molecule has 2 atom stereocenters. The first-order valence-electron chi connectivity index (χ1n) is 9.06. The van der Waals surface area contributed by atoms with Crippen LogP contribution in [-0.4, -0.2) is 41.0 Å². The fourth-order valence-electron chi connectivity index (χ4n) is 3.82. The van der Waals surface area contributed by atoms with Crippen molar-refractivity contribution in [2.24, 2.45) is 0 Å². The lowest BCUT2D eigenvalue weighted by Crippen LogP contribution is -2.55. The lowest BCUT2D eigenvalue weighted by atomic mass is 10.1. The van der Waals surface area contributed by atoms with Crippen LogP contribution < -0.4 is 10.2 Å². The Balaban J connectivity index is 1.45. The molecule has 26 heavy (non-hydrogen) atoms. The molecule has 2 aromatic rings. The van der Waals surface area contributed by atoms with E-state index in [-0.39, 0.29) is 30.4 Å². The van der Waals surface area contributed by atoms with E-state index in [1.807, 2.05) is 36.4 Å². The van der Waals surface area contributed by atoms with E-state index in [4.69, 9.17) is 0 Å².